The Morgan fingerprint density at radius 2 is 2.00 bits per heavy atom. The monoisotopic (exact) mass is 286 g/mol. The van der Waals surface area contributed by atoms with Crippen LogP contribution in [0.15, 0.2) is 24.3 Å². The van der Waals surface area contributed by atoms with Crippen molar-refractivity contribution in [2.45, 2.75) is 57.9 Å². The normalized spacial score (nSPS) is 26.7. The van der Waals surface area contributed by atoms with Crippen molar-refractivity contribution < 1.29 is 0 Å². The van der Waals surface area contributed by atoms with Gasteiger partial charge in [-0.1, -0.05) is 25.5 Å². The topological polar surface area (TPSA) is 15.3 Å². The molecule has 2 fully saturated rings. The van der Waals surface area contributed by atoms with Gasteiger partial charge in [-0.25, -0.2) is 0 Å². The minimum absolute atomic E-state index is 0.317. The van der Waals surface area contributed by atoms with Gasteiger partial charge in [-0.2, -0.15) is 0 Å². The van der Waals surface area contributed by atoms with Gasteiger partial charge in [-0.05, 0) is 69.2 Å². The number of hydrogen-bond acceptors (Lipinski definition) is 2. The van der Waals surface area contributed by atoms with E-state index in [0.29, 0.717) is 5.54 Å². The Labute approximate surface area is 129 Å². The second kappa shape index (κ2) is 6.39. The van der Waals surface area contributed by atoms with Crippen LogP contribution in [0.2, 0.25) is 0 Å². The van der Waals surface area contributed by atoms with E-state index in [1.165, 1.54) is 56.3 Å². The van der Waals surface area contributed by atoms with Gasteiger partial charge in [0, 0.05) is 24.3 Å². The zero-order valence-electron chi connectivity index (χ0n) is 13.7. The predicted molar refractivity (Wildman–Crippen MR) is 91.0 cm³/mol. The van der Waals surface area contributed by atoms with Crippen molar-refractivity contribution in [3.8, 4) is 0 Å². The zero-order chi connectivity index (χ0) is 14.7. The molecule has 0 aromatic heterocycles. The summed E-state index contributed by atoms with van der Waals surface area (Å²) in [7, 11) is 0. The predicted octanol–water partition coefficient (Wildman–Crippen LogP) is 4.00. The van der Waals surface area contributed by atoms with Crippen LogP contribution in [0, 0.1) is 5.92 Å². The Kier molecular flexibility index (Phi) is 4.54. The molecule has 1 saturated carbocycles. The molecule has 116 valence electrons. The number of nitrogens with one attached hydrogen (secondary N) is 1. The highest BCUT2D eigenvalue weighted by Crippen LogP contribution is 2.41. The van der Waals surface area contributed by atoms with Crippen LogP contribution < -0.4 is 10.2 Å². The van der Waals surface area contributed by atoms with Crippen LogP contribution in [0.5, 0.6) is 0 Å². The first kappa shape index (κ1) is 14.9. The molecule has 2 heteroatoms. The van der Waals surface area contributed by atoms with E-state index in [-0.39, 0.29) is 0 Å². The number of unbranched alkanes of at least 4 members (excludes halogenated alkanes) is 1. The fourth-order valence-corrected chi connectivity index (χ4v) is 3.64. The van der Waals surface area contributed by atoms with Crippen molar-refractivity contribution in [1.82, 2.24) is 5.32 Å². The number of nitrogens with zero attached hydrogens (tertiary/aromatic N) is 1. The van der Waals surface area contributed by atoms with Crippen molar-refractivity contribution >= 4 is 5.69 Å². The van der Waals surface area contributed by atoms with Crippen LogP contribution in [0.4, 0.5) is 5.69 Å². The second-order valence-corrected chi connectivity index (χ2v) is 7.16. The Hall–Kier alpha value is -1.02. The molecule has 1 aliphatic heterocycles. The molecule has 1 saturated heterocycles. The van der Waals surface area contributed by atoms with Crippen LogP contribution in [-0.4, -0.2) is 25.2 Å². The fourth-order valence-electron chi connectivity index (χ4n) is 3.64. The van der Waals surface area contributed by atoms with Gasteiger partial charge in [0.05, 0.1) is 0 Å². The molecule has 1 aromatic carbocycles. The number of anilines is 1. The molecule has 21 heavy (non-hydrogen) atoms. The first-order valence-electron chi connectivity index (χ1n) is 8.80. The number of benzene rings is 1. The quantitative estimate of drug-likeness (QED) is 0.880. The molecule has 1 aliphatic carbocycles. The first-order valence-corrected chi connectivity index (χ1v) is 8.80. The summed E-state index contributed by atoms with van der Waals surface area (Å²) in [4.78, 5) is 2.60. The lowest BCUT2D eigenvalue weighted by atomic mass is 9.95. The molecular formula is C19H30N2. The second-order valence-electron chi connectivity index (χ2n) is 7.16. The van der Waals surface area contributed by atoms with Gasteiger partial charge in [-0.3, -0.25) is 0 Å². The standard InChI is InChI=1S/C19H30N2/c1-3-4-6-16-7-11-18(12-8-16)21-14-5-13-20-19(2,15-21)17-9-10-17/h7-8,11-12,17,20H,3-6,9-10,13-15H2,1-2H3. The highest BCUT2D eigenvalue weighted by molar-refractivity contribution is 5.48. The third-order valence-electron chi connectivity index (χ3n) is 5.25. The molecule has 0 spiro atoms. The van der Waals surface area contributed by atoms with E-state index in [4.69, 9.17) is 0 Å². The average Bonchev–Trinajstić information content (AvgIpc) is 3.33. The van der Waals surface area contributed by atoms with Crippen LogP contribution in [-0.2, 0) is 6.42 Å². The summed E-state index contributed by atoms with van der Waals surface area (Å²) in [6.07, 6.45) is 7.87. The molecule has 0 bridgehead atoms. The Morgan fingerprint density at radius 1 is 1.24 bits per heavy atom. The lowest BCUT2D eigenvalue weighted by molar-refractivity contribution is 0.331. The average molecular weight is 286 g/mol. The van der Waals surface area contributed by atoms with E-state index in [0.717, 1.165) is 19.0 Å². The molecule has 1 heterocycles. The van der Waals surface area contributed by atoms with Gasteiger partial charge in [-0.15, -0.1) is 0 Å². The van der Waals surface area contributed by atoms with Gasteiger partial charge in [0.1, 0.15) is 0 Å². The van der Waals surface area contributed by atoms with Crippen LogP contribution in [0.1, 0.15) is 51.5 Å². The smallest absolute Gasteiger partial charge is 0.0367 e. The van der Waals surface area contributed by atoms with Crippen molar-refractivity contribution in [2.24, 2.45) is 5.92 Å². The Balaban J connectivity index is 1.69. The Morgan fingerprint density at radius 3 is 2.67 bits per heavy atom. The molecular weight excluding hydrogens is 256 g/mol. The van der Waals surface area contributed by atoms with Gasteiger partial charge in [0.15, 0.2) is 0 Å². The highest BCUT2D eigenvalue weighted by atomic mass is 15.2. The molecule has 2 aliphatic rings. The maximum absolute atomic E-state index is 3.82. The zero-order valence-corrected chi connectivity index (χ0v) is 13.7. The van der Waals surface area contributed by atoms with Crippen molar-refractivity contribution in [1.29, 1.82) is 0 Å². The summed E-state index contributed by atoms with van der Waals surface area (Å²) >= 11 is 0. The lowest BCUT2D eigenvalue weighted by Gasteiger charge is -2.35. The maximum Gasteiger partial charge on any atom is 0.0367 e. The van der Waals surface area contributed by atoms with Crippen LogP contribution in [0.25, 0.3) is 0 Å². The molecule has 0 amide bonds. The lowest BCUT2D eigenvalue weighted by Crippen LogP contribution is -2.51. The minimum Gasteiger partial charge on any atom is -0.370 e. The van der Waals surface area contributed by atoms with Crippen molar-refractivity contribution in [3.05, 3.63) is 29.8 Å². The Bertz CT molecular complexity index is 449. The molecule has 1 N–H and O–H groups in total. The molecule has 1 aromatic rings. The van der Waals surface area contributed by atoms with E-state index in [9.17, 15) is 0 Å². The SMILES string of the molecule is CCCCc1ccc(N2CCCNC(C)(C3CC3)C2)cc1. The van der Waals surface area contributed by atoms with Crippen LogP contribution >= 0.6 is 0 Å². The number of rotatable bonds is 5. The summed E-state index contributed by atoms with van der Waals surface area (Å²) in [5.41, 5.74) is 3.21. The summed E-state index contributed by atoms with van der Waals surface area (Å²) in [5, 5.41) is 3.82. The first-order chi connectivity index (χ1) is 10.2. The summed E-state index contributed by atoms with van der Waals surface area (Å²) in [6, 6.07) is 9.34. The van der Waals surface area contributed by atoms with E-state index < -0.39 is 0 Å². The van der Waals surface area contributed by atoms with Crippen LogP contribution in [0.3, 0.4) is 0 Å². The minimum atomic E-state index is 0.317. The molecule has 0 radical (unpaired) electrons. The third kappa shape index (κ3) is 3.60. The molecule has 2 nitrogen and oxygen atoms in total. The molecule has 1 atom stereocenters. The largest absolute Gasteiger partial charge is 0.370 e. The van der Waals surface area contributed by atoms with E-state index in [1.54, 1.807) is 0 Å². The van der Waals surface area contributed by atoms with Gasteiger partial charge in [0.25, 0.3) is 0 Å². The number of aryl methyl sites for hydroxylation is 1. The van der Waals surface area contributed by atoms with E-state index in [2.05, 4.69) is 48.3 Å². The van der Waals surface area contributed by atoms with E-state index >= 15 is 0 Å². The van der Waals surface area contributed by atoms with Gasteiger partial charge >= 0.3 is 0 Å². The number of hydrogen-bond donors (Lipinski definition) is 1. The van der Waals surface area contributed by atoms with Crippen molar-refractivity contribution in [2.75, 3.05) is 24.5 Å². The summed E-state index contributed by atoms with van der Waals surface area (Å²) in [6.45, 7) is 8.20. The third-order valence-corrected chi connectivity index (χ3v) is 5.25. The van der Waals surface area contributed by atoms with Gasteiger partial charge in [0.2, 0.25) is 0 Å². The fraction of sp³-hybridized carbons (Fsp3) is 0.684. The van der Waals surface area contributed by atoms with Gasteiger partial charge < -0.3 is 10.2 Å². The summed E-state index contributed by atoms with van der Waals surface area (Å²) < 4.78 is 0. The summed E-state index contributed by atoms with van der Waals surface area (Å²) in [5.74, 6) is 0.891. The highest BCUT2D eigenvalue weighted by Gasteiger charge is 2.43. The van der Waals surface area contributed by atoms with Crippen molar-refractivity contribution in [3.63, 3.8) is 0 Å². The molecule has 3 rings (SSSR count). The molecule has 1 unspecified atom stereocenters. The maximum atomic E-state index is 3.82. The van der Waals surface area contributed by atoms with E-state index in [1.807, 2.05) is 0 Å².